The Kier molecular flexibility index (Phi) is 7.16. The van der Waals surface area contributed by atoms with E-state index in [1.165, 1.54) is 18.4 Å². The van der Waals surface area contributed by atoms with Crippen molar-refractivity contribution in [1.29, 1.82) is 0 Å². The van der Waals surface area contributed by atoms with Crippen LogP contribution in [0.3, 0.4) is 0 Å². The van der Waals surface area contributed by atoms with Crippen LogP contribution in [0.2, 0.25) is 0 Å². The molecule has 1 aromatic carbocycles. The SMILES string of the molecule is CC(C)[C@H]1CCCC=C1Cc1nc(-c2ccc(CN3CCC(C(=O)O)(C(=O)O)CC3)cc2)no1. The number of rotatable bonds is 8. The van der Waals surface area contributed by atoms with Gasteiger partial charge in [-0.25, -0.2) is 0 Å². The second-order valence-corrected chi connectivity index (χ2v) is 9.91. The maximum absolute atomic E-state index is 11.5. The van der Waals surface area contributed by atoms with Crippen molar-refractivity contribution in [1.82, 2.24) is 15.0 Å². The van der Waals surface area contributed by atoms with Crippen LogP contribution in [0.4, 0.5) is 0 Å². The molecule has 0 unspecified atom stereocenters. The highest BCUT2D eigenvalue weighted by atomic mass is 16.5. The first-order valence-electron chi connectivity index (χ1n) is 12.1. The number of allylic oxidation sites excluding steroid dienone is 2. The van der Waals surface area contributed by atoms with E-state index in [4.69, 9.17) is 4.52 Å². The Morgan fingerprint density at radius 3 is 2.44 bits per heavy atom. The Morgan fingerprint density at radius 1 is 1.15 bits per heavy atom. The fraction of sp³-hybridized carbons (Fsp3) is 0.538. The average Bonchev–Trinajstić information content (AvgIpc) is 3.28. The standard InChI is InChI=1S/C26H33N3O5/c1-17(2)21-6-4-3-5-20(21)15-22-27-23(28-34-22)19-9-7-18(8-10-19)16-29-13-11-26(12-14-29,24(30)31)25(32)33/h5,7-10,17,21H,3-4,6,11-16H2,1-2H3,(H,30,31)(H,32,33)/t21-/m1/s1. The van der Waals surface area contributed by atoms with Crippen LogP contribution in [0.5, 0.6) is 0 Å². The number of carbonyl (C=O) groups is 2. The fourth-order valence-corrected chi connectivity index (χ4v) is 5.17. The molecule has 8 heteroatoms. The van der Waals surface area contributed by atoms with Crippen LogP contribution in [-0.2, 0) is 22.6 Å². The van der Waals surface area contributed by atoms with E-state index in [0.29, 0.717) is 49.6 Å². The molecule has 1 atom stereocenters. The normalized spacial score (nSPS) is 20.8. The second-order valence-electron chi connectivity index (χ2n) is 9.91. The monoisotopic (exact) mass is 467 g/mol. The van der Waals surface area contributed by atoms with Crippen molar-refractivity contribution in [3.05, 3.63) is 47.4 Å². The van der Waals surface area contributed by atoms with Gasteiger partial charge >= 0.3 is 11.9 Å². The van der Waals surface area contributed by atoms with Gasteiger partial charge in [-0.1, -0.05) is 54.9 Å². The molecule has 1 saturated heterocycles. The van der Waals surface area contributed by atoms with Gasteiger partial charge in [-0.15, -0.1) is 0 Å². The minimum Gasteiger partial charge on any atom is -0.480 e. The first-order valence-corrected chi connectivity index (χ1v) is 12.1. The first-order chi connectivity index (χ1) is 16.3. The summed E-state index contributed by atoms with van der Waals surface area (Å²) in [5.41, 5.74) is 1.69. The molecule has 0 bridgehead atoms. The van der Waals surface area contributed by atoms with Gasteiger partial charge in [0.05, 0.1) is 0 Å². The Bertz CT molecular complexity index is 1030. The number of hydrogen-bond acceptors (Lipinski definition) is 6. The third kappa shape index (κ3) is 5.06. The highest BCUT2D eigenvalue weighted by Crippen LogP contribution is 2.34. The molecule has 1 aliphatic heterocycles. The quantitative estimate of drug-likeness (QED) is 0.433. The Morgan fingerprint density at radius 2 is 1.82 bits per heavy atom. The van der Waals surface area contributed by atoms with Crippen LogP contribution in [0.15, 0.2) is 40.4 Å². The lowest BCUT2D eigenvalue weighted by atomic mass is 9.78. The number of hydrogen-bond donors (Lipinski definition) is 2. The largest absolute Gasteiger partial charge is 0.480 e. The van der Waals surface area contributed by atoms with Crippen LogP contribution in [0, 0.1) is 17.3 Å². The van der Waals surface area contributed by atoms with Crippen molar-refractivity contribution in [2.24, 2.45) is 17.3 Å². The Balaban J connectivity index is 1.36. The summed E-state index contributed by atoms with van der Waals surface area (Å²) < 4.78 is 5.55. The van der Waals surface area contributed by atoms with Crippen molar-refractivity contribution in [2.75, 3.05) is 13.1 Å². The number of nitrogens with zero attached hydrogens (tertiary/aromatic N) is 3. The summed E-state index contributed by atoms with van der Waals surface area (Å²) in [6.07, 6.45) is 6.83. The number of piperidine rings is 1. The molecule has 1 aromatic heterocycles. The van der Waals surface area contributed by atoms with Gasteiger partial charge in [-0.05, 0) is 49.5 Å². The van der Waals surface area contributed by atoms with Crippen LogP contribution in [0.25, 0.3) is 11.4 Å². The van der Waals surface area contributed by atoms with E-state index in [0.717, 1.165) is 17.5 Å². The van der Waals surface area contributed by atoms with E-state index in [-0.39, 0.29) is 12.8 Å². The molecule has 2 aromatic rings. The molecular formula is C26H33N3O5. The van der Waals surface area contributed by atoms with Gasteiger partial charge in [0.2, 0.25) is 11.7 Å². The summed E-state index contributed by atoms with van der Waals surface area (Å²) in [7, 11) is 0. The molecule has 1 aliphatic carbocycles. The average molecular weight is 468 g/mol. The summed E-state index contributed by atoms with van der Waals surface area (Å²) in [5, 5.41) is 22.9. The zero-order chi connectivity index (χ0) is 24.3. The van der Waals surface area contributed by atoms with Gasteiger partial charge in [-0.3, -0.25) is 14.5 Å². The summed E-state index contributed by atoms with van der Waals surface area (Å²) in [6.45, 7) is 6.04. The molecule has 0 spiro atoms. The molecule has 2 aliphatic rings. The molecule has 0 saturated carbocycles. The van der Waals surface area contributed by atoms with Crippen molar-refractivity contribution < 1.29 is 24.3 Å². The van der Waals surface area contributed by atoms with E-state index in [1.54, 1.807) is 0 Å². The zero-order valence-electron chi connectivity index (χ0n) is 19.9. The second kappa shape index (κ2) is 10.1. The third-order valence-corrected chi connectivity index (χ3v) is 7.38. The van der Waals surface area contributed by atoms with Crippen molar-refractivity contribution in [3.8, 4) is 11.4 Å². The maximum Gasteiger partial charge on any atom is 0.321 e. The van der Waals surface area contributed by atoms with E-state index in [2.05, 4.69) is 35.0 Å². The summed E-state index contributed by atoms with van der Waals surface area (Å²) >= 11 is 0. The molecule has 1 fully saturated rings. The molecule has 4 rings (SSSR count). The molecule has 34 heavy (non-hydrogen) atoms. The molecule has 8 nitrogen and oxygen atoms in total. The predicted octanol–water partition coefficient (Wildman–Crippen LogP) is 4.41. The van der Waals surface area contributed by atoms with Gasteiger partial charge in [0.15, 0.2) is 5.41 Å². The fourth-order valence-electron chi connectivity index (χ4n) is 5.17. The van der Waals surface area contributed by atoms with Crippen LogP contribution < -0.4 is 0 Å². The van der Waals surface area contributed by atoms with Crippen molar-refractivity contribution in [2.45, 2.75) is 58.9 Å². The van der Waals surface area contributed by atoms with E-state index < -0.39 is 17.4 Å². The molecule has 2 N–H and O–H groups in total. The lowest BCUT2D eigenvalue weighted by molar-refractivity contribution is -0.168. The predicted molar refractivity (Wildman–Crippen MR) is 126 cm³/mol. The van der Waals surface area contributed by atoms with Crippen LogP contribution in [-0.4, -0.2) is 50.3 Å². The Hall–Kier alpha value is -3.00. The minimum atomic E-state index is -1.67. The van der Waals surface area contributed by atoms with Gasteiger partial charge in [0.1, 0.15) is 0 Å². The van der Waals surface area contributed by atoms with Crippen LogP contribution >= 0.6 is 0 Å². The smallest absolute Gasteiger partial charge is 0.321 e. The van der Waals surface area contributed by atoms with E-state index in [9.17, 15) is 19.8 Å². The highest BCUT2D eigenvalue weighted by molar-refractivity contribution is 5.98. The minimum absolute atomic E-state index is 0.107. The van der Waals surface area contributed by atoms with E-state index in [1.807, 2.05) is 24.3 Å². The topological polar surface area (TPSA) is 117 Å². The van der Waals surface area contributed by atoms with Gasteiger partial charge in [0.25, 0.3) is 0 Å². The number of aliphatic carboxylic acids is 2. The number of aromatic nitrogens is 2. The highest BCUT2D eigenvalue weighted by Gasteiger charge is 2.48. The number of carboxylic acids is 2. The molecule has 0 amide bonds. The summed E-state index contributed by atoms with van der Waals surface area (Å²) in [5.74, 6) is -0.0948. The number of likely N-dealkylation sites (tertiary alicyclic amines) is 1. The van der Waals surface area contributed by atoms with Crippen molar-refractivity contribution >= 4 is 11.9 Å². The molecule has 2 heterocycles. The Labute approximate surface area is 199 Å². The lowest BCUT2D eigenvalue weighted by Crippen LogP contribution is -2.48. The van der Waals surface area contributed by atoms with Gasteiger partial charge in [-0.2, -0.15) is 4.98 Å². The van der Waals surface area contributed by atoms with Gasteiger partial charge < -0.3 is 14.7 Å². The number of carboxylic acid groups (broad SMARTS) is 2. The van der Waals surface area contributed by atoms with E-state index >= 15 is 0 Å². The first kappa shape index (κ1) is 24.1. The number of benzene rings is 1. The molecule has 0 radical (unpaired) electrons. The summed E-state index contributed by atoms with van der Waals surface area (Å²) in [6, 6.07) is 7.92. The maximum atomic E-state index is 11.5. The summed E-state index contributed by atoms with van der Waals surface area (Å²) in [4.78, 5) is 29.7. The van der Waals surface area contributed by atoms with Crippen molar-refractivity contribution in [3.63, 3.8) is 0 Å². The molecular weight excluding hydrogens is 434 g/mol. The third-order valence-electron chi connectivity index (χ3n) is 7.38. The van der Waals surface area contributed by atoms with Gasteiger partial charge in [0, 0.05) is 31.6 Å². The lowest BCUT2D eigenvalue weighted by Gasteiger charge is -2.36. The zero-order valence-corrected chi connectivity index (χ0v) is 19.9. The molecule has 182 valence electrons. The van der Waals surface area contributed by atoms with Crippen LogP contribution in [0.1, 0.15) is 57.4 Å².